The smallest absolute Gasteiger partial charge is 0.315 e. The summed E-state index contributed by atoms with van der Waals surface area (Å²) in [5, 5.41) is 6.10. The molecule has 0 bridgehead atoms. The predicted octanol–water partition coefficient (Wildman–Crippen LogP) is 1.97. The van der Waals surface area contributed by atoms with E-state index in [1.54, 1.807) is 0 Å². The third-order valence-corrected chi connectivity index (χ3v) is 4.28. The molecule has 0 unspecified atom stereocenters. The summed E-state index contributed by atoms with van der Waals surface area (Å²) in [6.45, 7) is 12.3. The fourth-order valence-electron chi connectivity index (χ4n) is 3.23. The number of ether oxygens (including phenoxy) is 1. The van der Waals surface area contributed by atoms with Gasteiger partial charge in [0.15, 0.2) is 0 Å². The maximum absolute atomic E-state index is 12.0. The number of carbonyl (C=O) groups excluding carboxylic acids is 1. The zero-order valence-electron chi connectivity index (χ0n) is 13.9. The number of nitrogens with one attached hydrogen (secondary N) is 2. The molecule has 2 saturated heterocycles. The van der Waals surface area contributed by atoms with Crippen LogP contribution in [0.2, 0.25) is 0 Å². The number of rotatable bonds is 3. The zero-order chi connectivity index (χ0) is 15.5. The molecule has 122 valence electrons. The molecule has 3 atom stereocenters. The zero-order valence-corrected chi connectivity index (χ0v) is 13.9. The molecule has 0 saturated carbocycles. The Balaban J connectivity index is 1.74. The van der Waals surface area contributed by atoms with Crippen LogP contribution in [0.3, 0.4) is 0 Å². The summed E-state index contributed by atoms with van der Waals surface area (Å²) in [6.07, 6.45) is 3.84. The van der Waals surface area contributed by atoms with E-state index < -0.39 is 0 Å². The molecule has 0 radical (unpaired) electrons. The van der Waals surface area contributed by atoms with Crippen LogP contribution in [0, 0.1) is 5.92 Å². The van der Waals surface area contributed by atoms with Crippen LogP contribution in [0.25, 0.3) is 0 Å². The van der Waals surface area contributed by atoms with Crippen LogP contribution in [-0.4, -0.2) is 54.9 Å². The molecule has 2 aliphatic rings. The average molecular weight is 297 g/mol. The Labute approximate surface area is 128 Å². The van der Waals surface area contributed by atoms with Crippen molar-refractivity contribution in [3.8, 4) is 0 Å². The predicted molar refractivity (Wildman–Crippen MR) is 84.4 cm³/mol. The van der Waals surface area contributed by atoms with Crippen LogP contribution < -0.4 is 10.6 Å². The highest BCUT2D eigenvalue weighted by Gasteiger charge is 2.29. The molecule has 2 rings (SSSR count). The van der Waals surface area contributed by atoms with Gasteiger partial charge in [0.1, 0.15) is 0 Å². The first-order valence-electron chi connectivity index (χ1n) is 8.26. The van der Waals surface area contributed by atoms with Crippen LogP contribution in [0.4, 0.5) is 4.79 Å². The fraction of sp³-hybridized carbons (Fsp3) is 0.938. The Kier molecular flexibility index (Phi) is 5.49. The molecule has 5 nitrogen and oxygen atoms in total. The Hall–Kier alpha value is -0.810. The minimum atomic E-state index is -0.187. The number of hydrogen-bond acceptors (Lipinski definition) is 3. The van der Waals surface area contributed by atoms with Crippen molar-refractivity contribution >= 4 is 6.03 Å². The van der Waals surface area contributed by atoms with E-state index in [1.165, 1.54) is 12.8 Å². The summed E-state index contributed by atoms with van der Waals surface area (Å²) in [5.41, 5.74) is -0.187. The number of hydrogen-bond donors (Lipinski definition) is 2. The second-order valence-electron chi connectivity index (χ2n) is 7.62. The van der Waals surface area contributed by atoms with Gasteiger partial charge in [-0.15, -0.1) is 0 Å². The van der Waals surface area contributed by atoms with Crippen LogP contribution >= 0.6 is 0 Å². The normalized spacial score (nSPS) is 31.1. The third-order valence-electron chi connectivity index (χ3n) is 4.28. The van der Waals surface area contributed by atoms with E-state index in [-0.39, 0.29) is 17.6 Å². The van der Waals surface area contributed by atoms with Crippen LogP contribution in [-0.2, 0) is 4.74 Å². The molecule has 2 amide bonds. The number of piperidine rings is 1. The Morgan fingerprint density at radius 2 is 2.10 bits per heavy atom. The van der Waals surface area contributed by atoms with Gasteiger partial charge in [0.2, 0.25) is 0 Å². The molecule has 0 spiro atoms. The Morgan fingerprint density at radius 3 is 2.67 bits per heavy atom. The summed E-state index contributed by atoms with van der Waals surface area (Å²) >= 11 is 0. The SMILES string of the molecule is C[C@@H]1CN(C[C@H]2CCCO2)CC[C@H]1NC(=O)NC(C)(C)C. The van der Waals surface area contributed by atoms with Crippen molar-refractivity contribution in [1.82, 2.24) is 15.5 Å². The molecule has 2 N–H and O–H groups in total. The van der Waals surface area contributed by atoms with Gasteiger partial charge in [0, 0.05) is 37.8 Å². The molecular formula is C16H31N3O2. The lowest BCUT2D eigenvalue weighted by atomic mass is 9.93. The Bertz CT molecular complexity index is 348. The molecule has 21 heavy (non-hydrogen) atoms. The van der Waals surface area contributed by atoms with Gasteiger partial charge >= 0.3 is 6.03 Å². The van der Waals surface area contributed by atoms with Crippen LogP contribution in [0.15, 0.2) is 0 Å². The minimum Gasteiger partial charge on any atom is -0.377 e. The van der Waals surface area contributed by atoms with Crippen molar-refractivity contribution < 1.29 is 9.53 Å². The molecule has 2 aliphatic heterocycles. The molecular weight excluding hydrogens is 266 g/mol. The maximum atomic E-state index is 12.0. The number of likely N-dealkylation sites (tertiary alicyclic amines) is 1. The first-order chi connectivity index (χ1) is 9.83. The lowest BCUT2D eigenvalue weighted by Gasteiger charge is -2.38. The topological polar surface area (TPSA) is 53.6 Å². The second kappa shape index (κ2) is 6.97. The van der Waals surface area contributed by atoms with Gasteiger partial charge in [-0.1, -0.05) is 6.92 Å². The summed E-state index contributed by atoms with van der Waals surface area (Å²) in [6, 6.07) is 0.222. The van der Waals surface area contributed by atoms with E-state index >= 15 is 0 Å². The van der Waals surface area contributed by atoms with Crippen molar-refractivity contribution in [3.63, 3.8) is 0 Å². The number of carbonyl (C=O) groups is 1. The number of amides is 2. The molecule has 0 aromatic heterocycles. The monoisotopic (exact) mass is 297 g/mol. The molecule has 2 fully saturated rings. The van der Waals surface area contributed by atoms with Gasteiger partial charge < -0.3 is 20.3 Å². The summed E-state index contributed by atoms with van der Waals surface area (Å²) in [4.78, 5) is 14.5. The maximum Gasteiger partial charge on any atom is 0.315 e. The van der Waals surface area contributed by atoms with Gasteiger partial charge in [-0.3, -0.25) is 0 Å². The summed E-state index contributed by atoms with van der Waals surface area (Å²) in [7, 11) is 0. The first-order valence-corrected chi connectivity index (χ1v) is 8.26. The Morgan fingerprint density at radius 1 is 1.33 bits per heavy atom. The highest BCUT2D eigenvalue weighted by atomic mass is 16.5. The lowest BCUT2D eigenvalue weighted by molar-refractivity contribution is 0.0522. The van der Waals surface area contributed by atoms with Crippen molar-refractivity contribution in [2.75, 3.05) is 26.2 Å². The molecule has 0 aromatic carbocycles. The van der Waals surface area contributed by atoms with Gasteiger partial charge in [0.25, 0.3) is 0 Å². The first kappa shape index (κ1) is 16.6. The highest BCUT2D eigenvalue weighted by molar-refractivity contribution is 5.75. The largest absolute Gasteiger partial charge is 0.377 e. The van der Waals surface area contributed by atoms with E-state index in [2.05, 4.69) is 22.5 Å². The molecule has 0 aromatic rings. The minimum absolute atomic E-state index is 0.0491. The van der Waals surface area contributed by atoms with Crippen LogP contribution in [0.1, 0.15) is 47.0 Å². The van der Waals surface area contributed by atoms with Crippen molar-refractivity contribution in [2.45, 2.75) is 64.6 Å². The molecule has 2 heterocycles. The highest BCUT2D eigenvalue weighted by Crippen LogP contribution is 2.20. The van der Waals surface area contributed by atoms with Gasteiger partial charge in [-0.2, -0.15) is 0 Å². The number of nitrogens with zero attached hydrogens (tertiary/aromatic N) is 1. The molecule has 0 aliphatic carbocycles. The summed E-state index contributed by atoms with van der Waals surface area (Å²) < 4.78 is 5.72. The van der Waals surface area contributed by atoms with Crippen molar-refractivity contribution in [3.05, 3.63) is 0 Å². The van der Waals surface area contributed by atoms with E-state index in [4.69, 9.17) is 4.74 Å². The average Bonchev–Trinajstić information content (AvgIpc) is 2.83. The standard InChI is InChI=1S/C16H31N3O2/c1-12-10-19(11-13-6-5-9-21-13)8-7-14(12)17-15(20)18-16(2,3)4/h12-14H,5-11H2,1-4H3,(H2,17,18,20)/t12-,13-,14-/m1/s1. The van der Waals surface area contributed by atoms with Crippen LogP contribution in [0.5, 0.6) is 0 Å². The van der Waals surface area contributed by atoms with Crippen molar-refractivity contribution in [2.24, 2.45) is 5.92 Å². The second-order valence-corrected chi connectivity index (χ2v) is 7.62. The van der Waals surface area contributed by atoms with Gasteiger partial charge in [0.05, 0.1) is 6.10 Å². The van der Waals surface area contributed by atoms with E-state index in [1.807, 2.05) is 20.8 Å². The quantitative estimate of drug-likeness (QED) is 0.837. The van der Waals surface area contributed by atoms with Crippen molar-refractivity contribution in [1.29, 1.82) is 0 Å². The molecule has 5 heteroatoms. The van der Waals surface area contributed by atoms with Gasteiger partial charge in [-0.25, -0.2) is 4.79 Å². The van der Waals surface area contributed by atoms with Gasteiger partial charge in [-0.05, 0) is 46.0 Å². The number of urea groups is 1. The van der Waals surface area contributed by atoms with E-state index in [9.17, 15) is 4.79 Å². The van der Waals surface area contributed by atoms with E-state index in [0.717, 1.165) is 32.7 Å². The fourth-order valence-corrected chi connectivity index (χ4v) is 3.23. The lowest BCUT2D eigenvalue weighted by Crippen LogP contribution is -2.55. The summed E-state index contributed by atoms with van der Waals surface area (Å²) in [5.74, 6) is 0.478. The third kappa shape index (κ3) is 5.47. The van der Waals surface area contributed by atoms with E-state index in [0.29, 0.717) is 12.0 Å².